The average Bonchev–Trinajstić information content (AvgIpc) is 3.38. The number of rotatable bonds is 10. The number of benzene rings is 2. The lowest BCUT2D eigenvalue weighted by atomic mass is 9.87. The smallest absolute Gasteiger partial charge is 0.308 e. The summed E-state index contributed by atoms with van der Waals surface area (Å²) in [6.07, 6.45) is 3.14. The fourth-order valence-corrected chi connectivity index (χ4v) is 4.30. The van der Waals surface area contributed by atoms with Gasteiger partial charge < -0.3 is 24.6 Å². The van der Waals surface area contributed by atoms with E-state index in [2.05, 4.69) is 20.8 Å². The van der Waals surface area contributed by atoms with Gasteiger partial charge in [-0.3, -0.25) is 14.4 Å². The van der Waals surface area contributed by atoms with Crippen molar-refractivity contribution in [2.24, 2.45) is 5.92 Å². The lowest BCUT2D eigenvalue weighted by Gasteiger charge is -2.27. The van der Waals surface area contributed by atoms with E-state index in [1.54, 1.807) is 55.5 Å². The van der Waals surface area contributed by atoms with Crippen LogP contribution in [-0.2, 0) is 9.53 Å². The molecule has 1 aromatic heterocycles. The molecule has 10 nitrogen and oxygen atoms in total. The van der Waals surface area contributed by atoms with Gasteiger partial charge in [0.1, 0.15) is 5.75 Å². The van der Waals surface area contributed by atoms with Crippen LogP contribution in [0.25, 0.3) is 11.4 Å². The van der Waals surface area contributed by atoms with E-state index >= 15 is 0 Å². The van der Waals surface area contributed by atoms with Gasteiger partial charge in [-0.25, -0.2) is 0 Å². The van der Waals surface area contributed by atoms with Crippen molar-refractivity contribution in [3.8, 4) is 17.1 Å². The van der Waals surface area contributed by atoms with Gasteiger partial charge in [-0.1, -0.05) is 17.3 Å². The predicted molar refractivity (Wildman–Crippen MR) is 139 cm³/mol. The van der Waals surface area contributed by atoms with Gasteiger partial charge in [-0.2, -0.15) is 4.98 Å². The van der Waals surface area contributed by atoms with E-state index in [-0.39, 0.29) is 42.9 Å². The molecule has 2 amide bonds. The van der Waals surface area contributed by atoms with Crippen molar-refractivity contribution in [2.75, 3.05) is 19.7 Å². The van der Waals surface area contributed by atoms with Crippen molar-refractivity contribution in [3.63, 3.8) is 0 Å². The van der Waals surface area contributed by atoms with Gasteiger partial charge in [0.25, 0.3) is 11.8 Å². The molecule has 200 valence electrons. The molecule has 2 N–H and O–H groups in total. The zero-order valence-corrected chi connectivity index (χ0v) is 21.6. The first kappa shape index (κ1) is 26.8. The minimum atomic E-state index is -0.243. The second kappa shape index (κ2) is 12.8. The minimum Gasteiger partial charge on any atom is -0.490 e. The van der Waals surface area contributed by atoms with E-state index in [4.69, 9.17) is 14.0 Å². The number of ether oxygens (including phenoxy) is 2. The molecule has 0 spiro atoms. The molecule has 0 aliphatic heterocycles. The molecule has 38 heavy (non-hydrogen) atoms. The number of hydrogen-bond acceptors (Lipinski definition) is 8. The third-order valence-corrected chi connectivity index (χ3v) is 6.34. The van der Waals surface area contributed by atoms with Crippen molar-refractivity contribution < 1.29 is 28.4 Å². The van der Waals surface area contributed by atoms with E-state index < -0.39 is 0 Å². The Morgan fingerprint density at radius 2 is 1.47 bits per heavy atom. The minimum absolute atomic E-state index is 0.0432. The maximum Gasteiger partial charge on any atom is 0.308 e. The quantitative estimate of drug-likeness (QED) is 0.305. The summed E-state index contributed by atoms with van der Waals surface area (Å²) in [7, 11) is 0. The Bertz CT molecular complexity index is 1230. The molecule has 0 atom stereocenters. The Morgan fingerprint density at radius 3 is 2.00 bits per heavy atom. The zero-order valence-electron chi connectivity index (χ0n) is 21.6. The molecular weight excluding hydrogens is 488 g/mol. The normalized spacial score (nSPS) is 16.9. The number of carbonyl (C=O) groups is 3. The lowest BCUT2D eigenvalue weighted by Crippen LogP contribution is -2.34. The summed E-state index contributed by atoms with van der Waals surface area (Å²) in [6, 6.07) is 13.8. The Balaban J connectivity index is 1.16. The van der Waals surface area contributed by atoms with Gasteiger partial charge in [0.2, 0.25) is 11.7 Å². The second-order valence-corrected chi connectivity index (χ2v) is 9.09. The highest BCUT2D eigenvalue weighted by Crippen LogP contribution is 2.28. The van der Waals surface area contributed by atoms with Gasteiger partial charge in [0.15, 0.2) is 0 Å². The topological polar surface area (TPSA) is 133 Å². The molecule has 1 aliphatic rings. The number of carbonyl (C=O) groups excluding carboxylic acids is 3. The van der Waals surface area contributed by atoms with Crippen molar-refractivity contribution >= 4 is 17.8 Å². The summed E-state index contributed by atoms with van der Waals surface area (Å²) < 4.78 is 16.1. The first-order valence-electron chi connectivity index (χ1n) is 12.8. The number of nitrogens with zero attached hydrogens (tertiary/aromatic N) is 2. The van der Waals surface area contributed by atoms with Gasteiger partial charge in [-0.05, 0) is 69.0 Å². The molecule has 1 heterocycles. The van der Waals surface area contributed by atoms with Crippen molar-refractivity contribution in [2.45, 2.75) is 45.6 Å². The maximum atomic E-state index is 12.5. The van der Waals surface area contributed by atoms with E-state index in [9.17, 15) is 14.4 Å². The monoisotopic (exact) mass is 520 g/mol. The number of nitrogens with one attached hydrogen (secondary N) is 2. The Kier molecular flexibility index (Phi) is 9.07. The molecule has 0 bridgehead atoms. The third kappa shape index (κ3) is 7.18. The van der Waals surface area contributed by atoms with Gasteiger partial charge >= 0.3 is 5.97 Å². The highest BCUT2D eigenvalue weighted by atomic mass is 16.5. The number of esters is 1. The SMILES string of the molecule is CCOC(=O)C1CCC(Oc2ccc(C(=O)NCCNC(=O)c3ccc(-c4noc(C)n4)cc3)cc2)CC1. The first-order chi connectivity index (χ1) is 18.4. The van der Waals surface area contributed by atoms with E-state index in [0.29, 0.717) is 35.2 Å². The van der Waals surface area contributed by atoms with Crippen LogP contribution in [0.2, 0.25) is 0 Å². The largest absolute Gasteiger partial charge is 0.490 e. The van der Waals surface area contributed by atoms with Gasteiger partial charge in [0.05, 0.1) is 18.6 Å². The molecule has 4 rings (SSSR count). The third-order valence-electron chi connectivity index (χ3n) is 6.34. The molecule has 0 radical (unpaired) electrons. The summed E-state index contributed by atoms with van der Waals surface area (Å²) in [5, 5.41) is 9.45. The second-order valence-electron chi connectivity index (χ2n) is 9.09. The standard InChI is InChI=1S/C28H32N4O6/c1-3-36-28(35)22-10-14-24(15-11-22)37-23-12-8-21(9-13-23)27(34)30-17-16-29-26(33)20-6-4-19(5-7-20)25-31-18(2)38-32-25/h4-9,12-13,22,24H,3,10-11,14-17H2,1-2H3,(H,29,33)(H,30,34). The van der Waals surface area contributed by atoms with Crippen LogP contribution in [0.5, 0.6) is 5.75 Å². The maximum absolute atomic E-state index is 12.5. The van der Waals surface area contributed by atoms with E-state index in [0.717, 1.165) is 31.2 Å². The fraction of sp³-hybridized carbons (Fsp3) is 0.393. The summed E-state index contributed by atoms with van der Waals surface area (Å²) in [6.45, 7) is 4.50. The number of amides is 2. The molecule has 10 heteroatoms. The number of aryl methyl sites for hydroxylation is 1. The molecule has 1 saturated carbocycles. The van der Waals surface area contributed by atoms with Gasteiger partial charge in [-0.15, -0.1) is 0 Å². The molecule has 0 saturated heterocycles. The zero-order chi connectivity index (χ0) is 26.9. The lowest BCUT2D eigenvalue weighted by molar-refractivity contribution is -0.149. The van der Waals surface area contributed by atoms with Crippen LogP contribution in [0.3, 0.4) is 0 Å². The summed E-state index contributed by atoms with van der Waals surface area (Å²) >= 11 is 0. The summed E-state index contributed by atoms with van der Waals surface area (Å²) in [4.78, 5) is 40.9. The highest BCUT2D eigenvalue weighted by Gasteiger charge is 2.28. The van der Waals surface area contributed by atoms with Crippen LogP contribution in [-0.4, -0.2) is 53.7 Å². The summed E-state index contributed by atoms with van der Waals surface area (Å²) in [5.74, 6) is 0.987. The average molecular weight is 521 g/mol. The number of aromatic nitrogens is 2. The summed E-state index contributed by atoms with van der Waals surface area (Å²) in [5.41, 5.74) is 1.75. The Labute approximate surface area is 221 Å². The first-order valence-corrected chi connectivity index (χ1v) is 12.8. The van der Waals surface area contributed by atoms with Crippen LogP contribution in [0.1, 0.15) is 59.2 Å². The van der Waals surface area contributed by atoms with Gasteiger partial charge in [0, 0.05) is 36.7 Å². The molecular formula is C28H32N4O6. The molecule has 1 aliphatic carbocycles. The van der Waals surface area contributed by atoms with E-state index in [1.807, 2.05) is 6.92 Å². The highest BCUT2D eigenvalue weighted by molar-refractivity contribution is 5.95. The van der Waals surface area contributed by atoms with Crippen molar-refractivity contribution in [1.82, 2.24) is 20.8 Å². The molecule has 1 fully saturated rings. The molecule has 0 unspecified atom stereocenters. The van der Waals surface area contributed by atoms with Crippen molar-refractivity contribution in [1.29, 1.82) is 0 Å². The van der Waals surface area contributed by atoms with Crippen LogP contribution in [0, 0.1) is 12.8 Å². The Morgan fingerprint density at radius 1 is 0.895 bits per heavy atom. The number of hydrogen-bond donors (Lipinski definition) is 2. The fourth-order valence-electron chi connectivity index (χ4n) is 4.30. The Hall–Kier alpha value is -4.21. The van der Waals surface area contributed by atoms with E-state index in [1.165, 1.54) is 0 Å². The molecule has 3 aromatic rings. The molecule has 2 aromatic carbocycles. The predicted octanol–water partition coefficient (Wildman–Crippen LogP) is 3.71. The van der Waals surface area contributed by atoms with Crippen LogP contribution in [0.15, 0.2) is 53.1 Å². The van der Waals surface area contributed by atoms with Crippen LogP contribution >= 0.6 is 0 Å². The van der Waals surface area contributed by atoms with Crippen LogP contribution < -0.4 is 15.4 Å². The van der Waals surface area contributed by atoms with Crippen LogP contribution in [0.4, 0.5) is 0 Å². The van der Waals surface area contributed by atoms with Crippen molar-refractivity contribution in [3.05, 3.63) is 65.5 Å².